The molecule has 18 heavy (non-hydrogen) atoms. The molecule has 1 aliphatic heterocycles. The van der Waals surface area contributed by atoms with Crippen LogP contribution < -0.4 is 0 Å². The summed E-state index contributed by atoms with van der Waals surface area (Å²) in [6.07, 6.45) is 2.00. The zero-order valence-corrected chi connectivity index (χ0v) is 11.6. The summed E-state index contributed by atoms with van der Waals surface area (Å²) in [7, 11) is 0. The predicted octanol–water partition coefficient (Wildman–Crippen LogP) is 2.85. The number of thioether (sulfide) groups is 1. The summed E-state index contributed by atoms with van der Waals surface area (Å²) in [5, 5.41) is 9.99. The van der Waals surface area contributed by atoms with Crippen molar-refractivity contribution in [3.05, 3.63) is 40.4 Å². The highest BCUT2D eigenvalue weighted by molar-refractivity contribution is 8.13. The zero-order chi connectivity index (χ0) is 12.7. The van der Waals surface area contributed by atoms with Crippen LogP contribution in [0.4, 0.5) is 0 Å². The van der Waals surface area contributed by atoms with E-state index in [1.54, 1.807) is 11.8 Å². The lowest BCUT2D eigenvalue weighted by Gasteiger charge is -2.09. The van der Waals surface area contributed by atoms with Crippen molar-refractivity contribution in [1.29, 1.82) is 0 Å². The Morgan fingerprint density at radius 2 is 2.17 bits per heavy atom. The van der Waals surface area contributed by atoms with E-state index in [0.29, 0.717) is 6.54 Å². The first-order chi connectivity index (χ1) is 8.70. The van der Waals surface area contributed by atoms with Gasteiger partial charge in [0, 0.05) is 5.02 Å². The van der Waals surface area contributed by atoms with Gasteiger partial charge in [0.2, 0.25) is 0 Å². The topological polar surface area (TPSA) is 43.1 Å². The maximum Gasteiger partial charge on any atom is 0.193 e. The van der Waals surface area contributed by atoms with E-state index in [0.717, 1.165) is 33.0 Å². The number of hydrogen-bond donors (Lipinski definition) is 0. The smallest absolute Gasteiger partial charge is 0.193 e. The molecule has 0 saturated carbocycles. The molecule has 0 aliphatic carbocycles. The molecular formula is C12H11ClN4S. The standard InChI is InChI=1S/C12H11ClN4S/c1-7-15-16-11-12(18-2)14-6-8-5-9(13)3-4-10(8)17(7)11/h3-5H,6H2,1-2H3. The monoisotopic (exact) mass is 278 g/mol. The molecule has 2 heterocycles. The van der Waals surface area contributed by atoms with Crippen LogP contribution in [0.15, 0.2) is 23.2 Å². The number of aliphatic imine (C=N–C) groups is 1. The molecule has 0 amide bonds. The van der Waals surface area contributed by atoms with E-state index in [-0.39, 0.29) is 0 Å². The third kappa shape index (κ3) is 1.74. The molecule has 3 rings (SSSR count). The van der Waals surface area contributed by atoms with Crippen molar-refractivity contribution in [2.24, 2.45) is 4.99 Å². The van der Waals surface area contributed by atoms with Gasteiger partial charge < -0.3 is 0 Å². The molecule has 0 fully saturated rings. The lowest BCUT2D eigenvalue weighted by molar-refractivity contribution is 0.947. The predicted molar refractivity (Wildman–Crippen MR) is 74.9 cm³/mol. The van der Waals surface area contributed by atoms with Gasteiger partial charge in [-0.2, -0.15) is 0 Å². The highest BCUT2D eigenvalue weighted by Gasteiger charge is 2.21. The normalized spacial score (nSPS) is 13.6. The number of hydrogen-bond acceptors (Lipinski definition) is 4. The molecule has 0 saturated heterocycles. The Hall–Kier alpha value is -1.33. The molecular weight excluding hydrogens is 268 g/mol. The van der Waals surface area contributed by atoms with E-state index in [9.17, 15) is 0 Å². The number of benzene rings is 1. The van der Waals surface area contributed by atoms with Crippen molar-refractivity contribution in [2.45, 2.75) is 13.5 Å². The summed E-state index contributed by atoms with van der Waals surface area (Å²) in [5.74, 6) is 1.67. The second-order valence-corrected chi connectivity index (χ2v) is 5.24. The summed E-state index contributed by atoms with van der Waals surface area (Å²) in [5.41, 5.74) is 2.15. The van der Waals surface area contributed by atoms with Crippen LogP contribution in [0.3, 0.4) is 0 Å². The molecule has 0 bridgehead atoms. The van der Waals surface area contributed by atoms with Gasteiger partial charge in [-0.15, -0.1) is 22.0 Å². The van der Waals surface area contributed by atoms with Crippen LogP contribution in [-0.4, -0.2) is 26.1 Å². The number of halogens is 1. The van der Waals surface area contributed by atoms with Crippen LogP contribution in [0.1, 0.15) is 17.2 Å². The lowest BCUT2D eigenvalue weighted by atomic mass is 10.2. The molecule has 2 aromatic rings. The maximum atomic E-state index is 6.05. The molecule has 0 atom stereocenters. The number of aryl methyl sites for hydroxylation is 1. The first-order valence-corrected chi connectivity index (χ1v) is 7.10. The van der Waals surface area contributed by atoms with Gasteiger partial charge in [-0.1, -0.05) is 11.6 Å². The average Bonchev–Trinajstić information content (AvgIpc) is 2.66. The Balaban J connectivity index is 2.31. The van der Waals surface area contributed by atoms with E-state index in [1.165, 1.54) is 0 Å². The van der Waals surface area contributed by atoms with Gasteiger partial charge >= 0.3 is 0 Å². The van der Waals surface area contributed by atoms with E-state index in [1.807, 2.05) is 35.9 Å². The quantitative estimate of drug-likeness (QED) is 0.744. The van der Waals surface area contributed by atoms with Gasteiger partial charge in [-0.3, -0.25) is 9.56 Å². The minimum atomic E-state index is 0.620. The Bertz CT molecular complexity index is 648. The molecule has 1 aromatic carbocycles. The van der Waals surface area contributed by atoms with Crippen LogP contribution in [0, 0.1) is 6.92 Å². The van der Waals surface area contributed by atoms with Crippen LogP contribution in [0.5, 0.6) is 0 Å². The van der Waals surface area contributed by atoms with Crippen molar-refractivity contribution < 1.29 is 0 Å². The van der Waals surface area contributed by atoms with Gasteiger partial charge in [0.05, 0.1) is 12.2 Å². The molecule has 6 heteroatoms. The lowest BCUT2D eigenvalue weighted by Crippen LogP contribution is -2.07. The minimum absolute atomic E-state index is 0.620. The third-order valence-corrected chi connectivity index (χ3v) is 3.82. The highest BCUT2D eigenvalue weighted by atomic mass is 35.5. The molecule has 1 aliphatic rings. The minimum Gasteiger partial charge on any atom is -0.277 e. The van der Waals surface area contributed by atoms with Gasteiger partial charge in [0.25, 0.3) is 0 Å². The first-order valence-electron chi connectivity index (χ1n) is 5.50. The van der Waals surface area contributed by atoms with E-state index >= 15 is 0 Å². The SMILES string of the molecule is CSC1=NCc2cc(Cl)ccc2-n2c(C)nnc21. The van der Waals surface area contributed by atoms with Crippen molar-refractivity contribution in [3.63, 3.8) is 0 Å². The van der Waals surface area contributed by atoms with E-state index < -0.39 is 0 Å². The summed E-state index contributed by atoms with van der Waals surface area (Å²) in [6, 6.07) is 5.83. The first kappa shape index (κ1) is 11.7. The van der Waals surface area contributed by atoms with Crippen molar-refractivity contribution in [1.82, 2.24) is 14.8 Å². The van der Waals surface area contributed by atoms with Crippen LogP contribution in [-0.2, 0) is 6.54 Å². The molecule has 4 nitrogen and oxygen atoms in total. The van der Waals surface area contributed by atoms with Crippen molar-refractivity contribution in [3.8, 4) is 5.69 Å². The van der Waals surface area contributed by atoms with Gasteiger partial charge in [-0.25, -0.2) is 0 Å². The van der Waals surface area contributed by atoms with Gasteiger partial charge in [0.1, 0.15) is 10.9 Å². The number of fused-ring (bicyclic) bond motifs is 3. The van der Waals surface area contributed by atoms with Crippen LogP contribution >= 0.6 is 23.4 Å². The zero-order valence-electron chi connectivity index (χ0n) is 10.0. The molecule has 0 radical (unpaired) electrons. The van der Waals surface area contributed by atoms with E-state index in [2.05, 4.69) is 15.2 Å². The Morgan fingerprint density at radius 3 is 2.94 bits per heavy atom. The van der Waals surface area contributed by atoms with Crippen LogP contribution in [0.2, 0.25) is 5.02 Å². The Kier molecular flexibility index (Phi) is 2.87. The summed E-state index contributed by atoms with van der Waals surface area (Å²) < 4.78 is 2.04. The molecule has 0 N–H and O–H groups in total. The van der Waals surface area contributed by atoms with Gasteiger partial charge in [0.15, 0.2) is 5.82 Å². The van der Waals surface area contributed by atoms with Crippen LogP contribution in [0.25, 0.3) is 5.69 Å². The number of aromatic nitrogens is 3. The fourth-order valence-corrected chi connectivity index (χ4v) is 2.77. The Labute approximate surface area is 114 Å². The average molecular weight is 279 g/mol. The van der Waals surface area contributed by atoms with Crippen molar-refractivity contribution in [2.75, 3.05) is 6.26 Å². The molecule has 92 valence electrons. The summed E-state index contributed by atoms with van der Waals surface area (Å²) >= 11 is 7.63. The number of nitrogens with zero attached hydrogens (tertiary/aromatic N) is 4. The largest absolute Gasteiger partial charge is 0.277 e. The number of rotatable bonds is 0. The third-order valence-electron chi connectivity index (χ3n) is 2.88. The second kappa shape index (κ2) is 4.40. The molecule has 1 aromatic heterocycles. The maximum absolute atomic E-state index is 6.05. The Morgan fingerprint density at radius 1 is 1.33 bits per heavy atom. The molecule has 0 spiro atoms. The summed E-state index contributed by atoms with van der Waals surface area (Å²) in [4.78, 5) is 4.58. The highest BCUT2D eigenvalue weighted by Crippen LogP contribution is 2.27. The summed E-state index contributed by atoms with van der Waals surface area (Å²) in [6.45, 7) is 2.56. The fraction of sp³-hybridized carbons (Fsp3) is 0.250. The van der Waals surface area contributed by atoms with Gasteiger partial charge in [-0.05, 0) is 36.9 Å². The second-order valence-electron chi connectivity index (χ2n) is 4.00. The fourth-order valence-electron chi connectivity index (χ4n) is 2.07. The van der Waals surface area contributed by atoms with E-state index in [4.69, 9.17) is 11.6 Å². The molecule has 0 unspecified atom stereocenters. The van der Waals surface area contributed by atoms with Crippen molar-refractivity contribution >= 4 is 28.4 Å².